The highest BCUT2D eigenvalue weighted by molar-refractivity contribution is 9.10. The molecule has 0 radical (unpaired) electrons. The van der Waals surface area contributed by atoms with Crippen molar-refractivity contribution in [3.63, 3.8) is 0 Å². The third kappa shape index (κ3) is 3.80. The van der Waals surface area contributed by atoms with Gasteiger partial charge in [-0.05, 0) is 89.1 Å². The topological polar surface area (TPSA) is 18.5 Å². The van der Waals surface area contributed by atoms with Crippen LogP contribution in [0, 0.1) is 0 Å². The molecule has 1 fully saturated rings. The van der Waals surface area contributed by atoms with Crippen LogP contribution in [0.5, 0.6) is 0 Å². The molecular formula is C32H28BBrO2. The summed E-state index contributed by atoms with van der Waals surface area (Å²) in [6.07, 6.45) is 0. The first kappa shape index (κ1) is 23.5. The largest absolute Gasteiger partial charge is 0.494 e. The maximum Gasteiger partial charge on any atom is 0.494 e. The Morgan fingerprint density at radius 2 is 0.889 bits per heavy atom. The Kier molecular flexibility index (Phi) is 5.60. The number of hydrogen-bond acceptors (Lipinski definition) is 2. The molecule has 1 aliphatic rings. The summed E-state index contributed by atoms with van der Waals surface area (Å²) >= 11 is 3.58. The maximum atomic E-state index is 6.28. The van der Waals surface area contributed by atoms with Crippen molar-refractivity contribution < 1.29 is 9.31 Å². The lowest BCUT2D eigenvalue weighted by Gasteiger charge is -2.32. The third-order valence-electron chi connectivity index (χ3n) is 7.79. The number of benzene rings is 5. The summed E-state index contributed by atoms with van der Waals surface area (Å²) in [5.74, 6) is 0. The van der Waals surface area contributed by atoms with E-state index in [1.807, 2.05) is 0 Å². The van der Waals surface area contributed by atoms with Crippen LogP contribution < -0.4 is 5.46 Å². The molecule has 0 spiro atoms. The van der Waals surface area contributed by atoms with E-state index in [1.54, 1.807) is 0 Å². The summed E-state index contributed by atoms with van der Waals surface area (Å²) < 4.78 is 13.6. The average molecular weight is 535 g/mol. The van der Waals surface area contributed by atoms with Crippen LogP contribution in [-0.4, -0.2) is 18.3 Å². The minimum Gasteiger partial charge on any atom is -0.399 e. The standard InChI is InChI=1S/C32H28BBrO2/c1-31(2)32(3,4)36-33(35-31)23-17-13-21(14-18-23)29-25-9-5-7-11-27(25)30(22-15-19-24(34)20-16-22)28-12-8-6-10-26(28)29/h5-20H,1-4H3. The smallest absolute Gasteiger partial charge is 0.399 e. The van der Waals surface area contributed by atoms with Crippen LogP contribution in [0.25, 0.3) is 43.8 Å². The monoisotopic (exact) mass is 534 g/mol. The predicted molar refractivity (Wildman–Crippen MR) is 156 cm³/mol. The fraction of sp³-hybridized carbons (Fsp3) is 0.188. The highest BCUT2D eigenvalue weighted by Crippen LogP contribution is 2.43. The molecular weight excluding hydrogens is 507 g/mol. The second kappa shape index (κ2) is 8.59. The van der Waals surface area contributed by atoms with Crippen LogP contribution in [0.1, 0.15) is 27.7 Å². The molecule has 0 N–H and O–H groups in total. The molecule has 0 saturated carbocycles. The lowest BCUT2D eigenvalue weighted by atomic mass is 9.78. The molecule has 1 heterocycles. The molecule has 0 aromatic heterocycles. The second-order valence-electron chi connectivity index (χ2n) is 10.6. The van der Waals surface area contributed by atoms with Gasteiger partial charge in [0.15, 0.2) is 0 Å². The van der Waals surface area contributed by atoms with Crippen molar-refractivity contribution in [3.05, 3.63) is 102 Å². The Balaban J connectivity index is 1.53. The zero-order chi connectivity index (χ0) is 25.1. The van der Waals surface area contributed by atoms with Crippen molar-refractivity contribution in [2.75, 3.05) is 0 Å². The van der Waals surface area contributed by atoms with E-state index in [2.05, 4.69) is 141 Å². The van der Waals surface area contributed by atoms with E-state index in [9.17, 15) is 0 Å². The van der Waals surface area contributed by atoms with Crippen molar-refractivity contribution in [1.82, 2.24) is 0 Å². The number of hydrogen-bond donors (Lipinski definition) is 0. The van der Waals surface area contributed by atoms with Crippen LogP contribution in [0.2, 0.25) is 0 Å². The number of rotatable bonds is 3. The first-order valence-corrected chi connectivity index (χ1v) is 13.2. The molecule has 4 heteroatoms. The Labute approximate surface area is 221 Å². The normalized spacial score (nSPS) is 16.6. The highest BCUT2D eigenvalue weighted by Gasteiger charge is 2.51. The zero-order valence-corrected chi connectivity index (χ0v) is 22.6. The Bertz CT molecular complexity index is 1510. The SMILES string of the molecule is CC1(C)OB(c2ccc(-c3c4ccccc4c(-c4ccc(Br)cc4)c4ccccc34)cc2)OC1(C)C. The first-order chi connectivity index (χ1) is 17.2. The van der Waals surface area contributed by atoms with E-state index in [1.165, 1.54) is 43.8 Å². The van der Waals surface area contributed by atoms with Crippen molar-refractivity contribution in [2.45, 2.75) is 38.9 Å². The van der Waals surface area contributed by atoms with E-state index in [4.69, 9.17) is 9.31 Å². The van der Waals surface area contributed by atoms with Crippen LogP contribution in [-0.2, 0) is 9.31 Å². The summed E-state index contributed by atoms with van der Waals surface area (Å²) in [7, 11) is -0.364. The van der Waals surface area contributed by atoms with Gasteiger partial charge < -0.3 is 9.31 Å². The van der Waals surface area contributed by atoms with Gasteiger partial charge in [-0.15, -0.1) is 0 Å². The molecule has 0 amide bonds. The van der Waals surface area contributed by atoms with Gasteiger partial charge in [-0.3, -0.25) is 0 Å². The van der Waals surface area contributed by atoms with E-state index in [0.29, 0.717) is 0 Å². The van der Waals surface area contributed by atoms with Gasteiger partial charge in [0, 0.05) is 4.47 Å². The van der Waals surface area contributed by atoms with Crippen LogP contribution >= 0.6 is 15.9 Å². The van der Waals surface area contributed by atoms with E-state index >= 15 is 0 Å². The molecule has 0 bridgehead atoms. The summed E-state index contributed by atoms with van der Waals surface area (Å²) in [4.78, 5) is 0. The Morgan fingerprint density at radius 3 is 1.28 bits per heavy atom. The molecule has 6 rings (SSSR count). The van der Waals surface area contributed by atoms with Gasteiger partial charge in [0.2, 0.25) is 0 Å². The minimum atomic E-state index is -0.364. The minimum absolute atomic E-state index is 0.356. The molecule has 36 heavy (non-hydrogen) atoms. The molecule has 1 aliphatic heterocycles. The summed E-state index contributed by atoms with van der Waals surface area (Å²) in [6.45, 7) is 8.36. The van der Waals surface area contributed by atoms with E-state index in [-0.39, 0.29) is 18.3 Å². The average Bonchev–Trinajstić information content (AvgIpc) is 3.10. The maximum absolute atomic E-state index is 6.28. The lowest BCUT2D eigenvalue weighted by Crippen LogP contribution is -2.41. The van der Waals surface area contributed by atoms with Gasteiger partial charge in [0.25, 0.3) is 0 Å². The highest BCUT2D eigenvalue weighted by atomic mass is 79.9. The lowest BCUT2D eigenvalue weighted by molar-refractivity contribution is 0.00578. The van der Waals surface area contributed by atoms with Crippen molar-refractivity contribution >= 4 is 50.1 Å². The van der Waals surface area contributed by atoms with Crippen molar-refractivity contribution in [3.8, 4) is 22.3 Å². The second-order valence-corrected chi connectivity index (χ2v) is 11.5. The Hall–Kier alpha value is -2.92. The van der Waals surface area contributed by atoms with Gasteiger partial charge in [-0.1, -0.05) is 101 Å². The van der Waals surface area contributed by atoms with Gasteiger partial charge in [-0.2, -0.15) is 0 Å². The van der Waals surface area contributed by atoms with Crippen molar-refractivity contribution in [2.24, 2.45) is 0 Å². The predicted octanol–water partition coefficient (Wildman–Crippen LogP) is 8.39. The molecule has 0 atom stereocenters. The molecule has 5 aromatic rings. The fourth-order valence-corrected chi connectivity index (χ4v) is 5.42. The fourth-order valence-electron chi connectivity index (χ4n) is 5.15. The molecule has 0 unspecified atom stereocenters. The van der Waals surface area contributed by atoms with Crippen molar-refractivity contribution in [1.29, 1.82) is 0 Å². The quantitative estimate of drug-likeness (QED) is 0.171. The third-order valence-corrected chi connectivity index (χ3v) is 8.32. The van der Waals surface area contributed by atoms with Gasteiger partial charge in [-0.25, -0.2) is 0 Å². The van der Waals surface area contributed by atoms with Crippen LogP contribution in [0.3, 0.4) is 0 Å². The first-order valence-electron chi connectivity index (χ1n) is 12.4. The molecule has 178 valence electrons. The van der Waals surface area contributed by atoms with Gasteiger partial charge in [0.05, 0.1) is 11.2 Å². The molecule has 5 aromatic carbocycles. The van der Waals surface area contributed by atoms with E-state index in [0.717, 1.165) is 9.94 Å². The van der Waals surface area contributed by atoms with Crippen LogP contribution in [0.4, 0.5) is 0 Å². The zero-order valence-electron chi connectivity index (χ0n) is 21.0. The van der Waals surface area contributed by atoms with Gasteiger partial charge in [0.1, 0.15) is 0 Å². The Morgan fingerprint density at radius 1 is 0.528 bits per heavy atom. The molecule has 1 saturated heterocycles. The molecule has 0 aliphatic carbocycles. The summed E-state index contributed by atoms with van der Waals surface area (Å²) in [5, 5.41) is 5.00. The number of fused-ring (bicyclic) bond motifs is 2. The van der Waals surface area contributed by atoms with E-state index < -0.39 is 0 Å². The molecule has 2 nitrogen and oxygen atoms in total. The summed E-state index contributed by atoms with van der Waals surface area (Å²) in [6, 6.07) is 34.8. The summed E-state index contributed by atoms with van der Waals surface area (Å²) in [5.41, 5.74) is 5.25. The van der Waals surface area contributed by atoms with Gasteiger partial charge >= 0.3 is 7.12 Å². The number of halogens is 1. The van der Waals surface area contributed by atoms with Crippen LogP contribution in [0.15, 0.2) is 102 Å².